The number of hydrogen-bond donors (Lipinski definition) is 0. The van der Waals surface area contributed by atoms with E-state index in [2.05, 4.69) is 0 Å². The number of rotatable bonds is 1. The maximum atomic E-state index is 13.4. The summed E-state index contributed by atoms with van der Waals surface area (Å²) >= 11 is 0. The molecule has 0 aromatic heterocycles. The minimum atomic E-state index is -1.22. The molecule has 0 N–H and O–H groups in total. The van der Waals surface area contributed by atoms with Gasteiger partial charge >= 0.3 is 0 Å². The first-order valence-corrected chi connectivity index (χ1v) is 4.77. The monoisotopic (exact) mass is 182 g/mol. The summed E-state index contributed by atoms with van der Waals surface area (Å²) in [6.07, 6.45) is 0. The molecule has 0 saturated carbocycles. The van der Waals surface area contributed by atoms with Crippen molar-refractivity contribution in [2.45, 2.75) is 40.3 Å². The number of hydrogen-bond acceptors (Lipinski definition) is 0. The van der Waals surface area contributed by atoms with E-state index in [1.807, 2.05) is 45.0 Å². The van der Waals surface area contributed by atoms with Crippen LogP contribution in [-0.4, -0.2) is 0 Å². The van der Waals surface area contributed by atoms with Crippen LogP contribution in [0.1, 0.15) is 38.8 Å². The number of alkyl halides is 1. The van der Waals surface area contributed by atoms with Crippen molar-refractivity contribution in [3.05, 3.63) is 35.4 Å². The summed E-state index contributed by atoms with van der Waals surface area (Å²) in [4.78, 5) is 0. The lowest BCUT2D eigenvalue weighted by atomic mass is 9.96. The van der Waals surface area contributed by atoms with Crippen LogP contribution in [-0.2, 0) is 5.67 Å². The molecule has 0 fully saturated rings. The number of halogens is 1. The lowest BCUT2D eigenvalue weighted by molar-refractivity contribution is 0.220. The smallest absolute Gasteiger partial charge is 0.130 e. The quantitative estimate of drug-likeness (QED) is 0.609. The fourth-order valence-corrected chi connectivity index (χ4v) is 1.24. The molecule has 0 radical (unpaired) electrons. The predicted octanol–water partition coefficient (Wildman–Crippen LogP) is 4.23. The highest BCUT2D eigenvalue weighted by atomic mass is 19.1. The zero-order chi connectivity index (χ0) is 10.5. The average molecular weight is 182 g/mol. The molecule has 0 aliphatic rings. The van der Waals surface area contributed by atoms with E-state index in [1.165, 1.54) is 0 Å². The summed E-state index contributed by atoms with van der Waals surface area (Å²) < 4.78 is 13.4. The molecular formula is C12H19F. The summed E-state index contributed by atoms with van der Waals surface area (Å²) in [5.74, 6) is 0. The van der Waals surface area contributed by atoms with Crippen LogP contribution in [0.25, 0.3) is 0 Å². The van der Waals surface area contributed by atoms with Crippen LogP contribution in [0.3, 0.4) is 0 Å². The number of aryl methyl sites for hydroxylation is 1. The van der Waals surface area contributed by atoms with Gasteiger partial charge in [-0.05, 0) is 31.9 Å². The molecule has 0 heterocycles. The predicted molar refractivity (Wildman–Crippen MR) is 56.7 cm³/mol. The second kappa shape index (κ2) is 5.00. The third kappa shape index (κ3) is 3.58. The van der Waals surface area contributed by atoms with Crippen molar-refractivity contribution in [3.63, 3.8) is 0 Å². The largest absolute Gasteiger partial charge is 0.239 e. The SMILES string of the molecule is CC.Cc1ccccc1C(C)(C)F. The van der Waals surface area contributed by atoms with Crippen LogP contribution in [0.4, 0.5) is 4.39 Å². The van der Waals surface area contributed by atoms with E-state index < -0.39 is 5.67 Å². The second-order valence-electron chi connectivity index (χ2n) is 3.29. The Labute approximate surface area is 80.8 Å². The summed E-state index contributed by atoms with van der Waals surface area (Å²) in [6, 6.07) is 7.54. The third-order valence-electron chi connectivity index (χ3n) is 1.79. The summed E-state index contributed by atoms with van der Waals surface area (Å²) in [6.45, 7) is 9.08. The topological polar surface area (TPSA) is 0 Å². The van der Waals surface area contributed by atoms with Crippen molar-refractivity contribution >= 4 is 0 Å². The summed E-state index contributed by atoms with van der Waals surface area (Å²) in [5.41, 5.74) is 0.575. The first-order valence-electron chi connectivity index (χ1n) is 4.77. The van der Waals surface area contributed by atoms with Gasteiger partial charge in [-0.25, -0.2) is 4.39 Å². The van der Waals surface area contributed by atoms with Crippen molar-refractivity contribution < 1.29 is 4.39 Å². The van der Waals surface area contributed by atoms with E-state index in [0.29, 0.717) is 0 Å². The Balaban J connectivity index is 0.000000671. The Morgan fingerprint density at radius 3 is 1.85 bits per heavy atom. The Morgan fingerprint density at radius 2 is 1.54 bits per heavy atom. The zero-order valence-corrected chi connectivity index (χ0v) is 9.19. The molecule has 0 saturated heterocycles. The van der Waals surface area contributed by atoms with Crippen LogP contribution in [0.5, 0.6) is 0 Å². The van der Waals surface area contributed by atoms with Gasteiger partial charge in [-0.2, -0.15) is 0 Å². The summed E-state index contributed by atoms with van der Waals surface area (Å²) in [7, 11) is 0. The molecule has 1 aromatic rings. The molecule has 0 nitrogen and oxygen atoms in total. The van der Waals surface area contributed by atoms with Gasteiger partial charge < -0.3 is 0 Å². The maximum Gasteiger partial charge on any atom is 0.130 e. The molecule has 0 amide bonds. The highest BCUT2D eigenvalue weighted by Crippen LogP contribution is 2.26. The van der Waals surface area contributed by atoms with Gasteiger partial charge in [-0.15, -0.1) is 0 Å². The minimum Gasteiger partial charge on any atom is -0.239 e. The Hall–Kier alpha value is -0.850. The van der Waals surface area contributed by atoms with Gasteiger partial charge in [0, 0.05) is 0 Å². The van der Waals surface area contributed by atoms with Gasteiger partial charge in [0.25, 0.3) is 0 Å². The third-order valence-corrected chi connectivity index (χ3v) is 1.79. The van der Waals surface area contributed by atoms with Crippen LogP contribution < -0.4 is 0 Å². The van der Waals surface area contributed by atoms with Gasteiger partial charge in [0.05, 0.1) is 0 Å². The van der Waals surface area contributed by atoms with E-state index in [1.54, 1.807) is 13.8 Å². The lowest BCUT2D eigenvalue weighted by Crippen LogP contribution is -2.10. The summed E-state index contributed by atoms with van der Waals surface area (Å²) in [5, 5.41) is 0. The molecule has 13 heavy (non-hydrogen) atoms. The molecule has 0 spiro atoms. The van der Waals surface area contributed by atoms with E-state index >= 15 is 0 Å². The molecule has 1 aromatic carbocycles. The van der Waals surface area contributed by atoms with Crippen molar-refractivity contribution in [1.29, 1.82) is 0 Å². The minimum absolute atomic E-state index is 0.778. The van der Waals surface area contributed by atoms with Gasteiger partial charge in [-0.3, -0.25) is 0 Å². The van der Waals surface area contributed by atoms with Crippen molar-refractivity contribution in [1.82, 2.24) is 0 Å². The Kier molecular flexibility index (Phi) is 4.68. The highest BCUT2D eigenvalue weighted by Gasteiger charge is 2.19. The average Bonchev–Trinajstić information content (AvgIpc) is 2.07. The Bertz CT molecular complexity index is 246. The van der Waals surface area contributed by atoms with E-state index in [9.17, 15) is 4.39 Å². The van der Waals surface area contributed by atoms with Crippen molar-refractivity contribution in [2.75, 3.05) is 0 Å². The number of benzene rings is 1. The molecule has 0 atom stereocenters. The second-order valence-corrected chi connectivity index (χ2v) is 3.29. The molecular weight excluding hydrogens is 163 g/mol. The molecule has 0 aliphatic heterocycles. The maximum absolute atomic E-state index is 13.4. The standard InChI is InChI=1S/C10H13F.C2H6/c1-8-6-4-5-7-9(8)10(2,3)11;1-2/h4-7H,1-3H3;1-2H3. The molecule has 0 bridgehead atoms. The van der Waals surface area contributed by atoms with E-state index in [4.69, 9.17) is 0 Å². The van der Waals surface area contributed by atoms with Crippen LogP contribution in [0.15, 0.2) is 24.3 Å². The lowest BCUT2D eigenvalue weighted by Gasteiger charge is -2.16. The first-order chi connectivity index (χ1) is 6.02. The van der Waals surface area contributed by atoms with Crippen LogP contribution in [0.2, 0.25) is 0 Å². The van der Waals surface area contributed by atoms with E-state index in [-0.39, 0.29) is 0 Å². The van der Waals surface area contributed by atoms with Crippen molar-refractivity contribution in [2.24, 2.45) is 0 Å². The van der Waals surface area contributed by atoms with Crippen molar-refractivity contribution in [3.8, 4) is 0 Å². The highest BCUT2D eigenvalue weighted by molar-refractivity contribution is 5.29. The van der Waals surface area contributed by atoms with Crippen LogP contribution >= 0.6 is 0 Å². The zero-order valence-electron chi connectivity index (χ0n) is 9.19. The fourth-order valence-electron chi connectivity index (χ4n) is 1.24. The fraction of sp³-hybridized carbons (Fsp3) is 0.500. The van der Waals surface area contributed by atoms with Crippen LogP contribution in [0, 0.1) is 6.92 Å². The molecule has 1 heteroatoms. The van der Waals surface area contributed by atoms with Gasteiger partial charge in [-0.1, -0.05) is 38.1 Å². The van der Waals surface area contributed by atoms with E-state index in [0.717, 1.165) is 11.1 Å². The molecule has 0 unspecified atom stereocenters. The molecule has 1 rings (SSSR count). The normalized spacial score (nSPS) is 10.3. The molecule has 0 aliphatic carbocycles. The first kappa shape index (κ1) is 12.2. The molecule has 74 valence electrons. The van der Waals surface area contributed by atoms with Gasteiger partial charge in [0.2, 0.25) is 0 Å². The van der Waals surface area contributed by atoms with Gasteiger partial charge in [0.1, 0.15) is 5.67 Å². The Morgan fingerprint density at radius 1 is 1.08 bits per heavy atom. The van der Waals surface area contributed by atoms with Gasteiger partial charge in [0.15, 0.2) is 0 Å².